The number of rotatable bonds is 3. The number of ether oxygens (including phenoxy) is 1. The van der Waals surface area contributed by atoms with Crippen molar-refractivity contribution in [2.75, 3.05) is 6.26 Å². The molecule has 102 valence electrons. The van der Waals surface area contributed by atoms with Gasteiger partial charge in [0, 0.05) is 18.1 Å². The van der Waals surface area contributed by atoms with Crippen molar-refractivity contribution in [3.05, 3.63) is 41.8 Å². The fourth-order valence-corrected chi connectivity index (χ4v) is 2.65. The summed E-state index contributed by atoms with van der Waals surface area (Å²) in [6.45, 7) is 0. The lowest BCUT2D eigenvalue weighted by Gasteiger charge is -2.09. The van der Waals surface area contributed by atoms with E-state index >= 15 is 0 Å². The Labute approximate surface area is 125 Å². The number of para-hydroxylation sites is 1. The Hall–Kier alpha value is -1.72. The first kappa shape index (κ1) is 13.3. The van der Waals surface area contributed by atoms with E-state index in [1.54, 1.807) is 11.8 Å². The average Bonchev–Trinajstić information content (AvgIpc) is 2.81. The monoisotopic (exact) mass is 305 g/mol. The topological polar surface area (TPSA) is 39.9 Å². The van der Waals surface area contributed by atoms with E-state index in [0.29, 0.717) is 5.88 Å². The lowest BCUT2D eigenvalue weighted by atomic mass is 10.3. The number of fused-ring (bicyclic) bond motifs is 1. The maximum absolute atomic E-state index is 5.97. The van der Waals surface area contributed by atoms with Crippen LogP contribution in [0.2, 0.25) is 5.28 Å². The van der Waals surface area contributed by atoms with Crippen molar-refractivity contribution < 1.29 is 4.74 Å². The van der Waals surface area contributed by atoms with E-state index in [4.69, 9.17) is 16.3 Å². The molecule has 3 rings (SSSR count). The van der Waals surface area contributed by atoms with E-state index in [0.717, 1.165) is 21.7 Å². The van der Waals surface area contributed by atoms with Crippen LogP contribution in [0.5, 0.6) is 11.6 Å². The van der Waals surface area contributed by atoms with Gasteiger partial charge in [-0.25, -0.2) is 0 Å². The Morgan fingerprint density at radius 2 is 2.00 bits per heavy atom. The second kappa shape index (κ2) is 5.34. The van der Waals surface area contributed by atoms with Crippen LogP contribution >= 0.6 is 23.4 Å². The Balaban J connectivity index is 2.11. The van der Waals surface area contributed by atoms with Crippen molar-refractivity contribution in [3.63, 3.8) is 0 Å². The first-order valence-corrected chi connectivity index (χ1v) is 7.59. The molecule has 1 aromatic carbocycles. The summed E-state index contributed by atoms with van der Waals surface area (Å²) in [5.74, 6) is 1.24. The molecule has 6 heteroatoms. The maximum atomic E-state index is 5.97. The molecule has 0 saturated heterocycles. The van der Waals surface area contributed by atoms with Gasteiger partial charge in [-0.3, -0.25) is 0 Å². The highest BCUT2D eigenvalue weighted by Crippen LogP contribution is 2.34. The first-order valence-electron chi connectivity index (χ1n) is 5.98. The largest absolute Gasteiger partial charge is 0.437 e. The summed E-state index contributed by atoms with van der Waals surface area (Å²) < 4.78 is 7.82. The third-order valence-electron chi connectivity index (χ3n) is 2.94. The third-order valence-corrected chi connectivity index (χ3v) is 3.88. The second-order valence-corrected chi connectivity index (χ2v) is 5.40. The van der Waals surface area contributed by atoms with Crippen LogP contribution in [0.15, 0.2) is 41.4 Å². The van der Waals surface area contributed by atoms with E-state index in [2.05, 4.69) is 9.97 Å². The van der Waals surface area contributed by atoms with E-state index in [1.807, 2.05) is 54.4 Å². The Morgan fingerprint density at radius 1 is 1.20 bits per heavy atom. The van der Waals surface area contributed by atoms with Gasteiger partial charge in [0.2, 0.25) is 11.2 Å². The zero-order valence-corrected chi connectivity index (χ0v) is 12.6. The fraction of sp³-hybridized carbons (Fsp3) is 0.143. The molecule has 0 radical (unpaired) electrons. The molecular weight excluding hydrogens is 294 g/mol. The van der Waals surface area contributed by atoms with Gasteiger partial charge in [-0.05, 0) is 36.1 Å². The Morgan fingerprint density at radius 3 is 2.80 bits per heavy atom. The van der Waals surface area contributed by atoms with Gasteiger partial charge in [0.1, 0.15) is 11.4 Å². The molecular formula is C14H12ClN3OS. The number of hydrogen-bond donors (Lipinski definition) is 0. The summed E-state index contributed by atoms with van der Waals surface area (Å²) in [5, 5.41) is 1.02. The van der Waals surface area contributed by atoms with Crippen LogP contribution < -0.4 is 4.74 Å². The molecule has 3 aromatic rings. The van der Waals surface area contributed by atoms with Crippen molar-refractivity contribution in [3.8, 4) is 11.6 Å². The predicted octanol–water partition coefficient (Wildman–Crippen LogP) is 4.14. The molecule has 0 saturated carbocycles. The summed E-state index contributed by atoms with van der Waals surface area (Å²) >= 11 is 7.59. The van der Waals surface area contributed by atoms with Crippen molar-refractivity contribution in [2.45, 2.75) is 4.90 Å². The predicted molar refractivity (Wildman–Crippen MR) is 81.8 cm³/mol. The molecule has 0 spiro atoms. The minimum absolute atomic E-state index is 0.177. The molecule has 0 atom stereocenters. The quantitative estimate of drug-likeness (QED) is 0.538. The average molecular weight is 306 g/mol. The maximum Gasteiger partial charge on any atom is 0.233 e. The molecule has 2 aromatic heterocycles. The molecule has 0 aliphatic rings. The number of aryl methyl sites for hydroxylation is 1. The molecule has 0 fully saturated rings. The van der Waals surface area contributed by atoms with Crippen LogP contribution in [0.1, 0.15) is 0 Å². The van der Waals surface area contributed by atoms with Crippen LogP contribution in [0.25, 0.3) is 11.0 Å². The van der Waals surface area contributed by atoms with Gasteiger partial charge < -0.3 is 9.30 Å². The van der Waals surface area contributed by atoms with Crippen LogP contribution in [0.3, 0.4) is 0 Å². The first-order chi connectivity index (χ1) is 9.69. The standard InChI is InChI=1S/C14H12ClN3OS/c1-18-8-7-9-12(18)16-14(15)17-13(9)19-10-5-3-4-6-11(10)20-2/h3-8H,1-2H3. The van der Waals surface area contributed by atoms with E-state index in [-0.39, 0.29) is 5.28 Å². The number of aromatic nitrogens is 3. The van der Waals surface area contributed by atoms with Crippen molar-refractivity contribution in [2.24, 2.45) is 7.05 Å². The van der Waals surface area contributed by atoms with Gasteiger partial charge in [-0.2, -0.15) is 9.97 Å². The van der Waals surface area contributed by atoms with E-state index in [9.17, 15) is 0 Å². The van der Waals surface area contributed by atoms with Gasteiger partial charge in [0.05, 0.1) is 5.39 Å². The summed E-state index contributed by atoms with van der Waals surface area (Å²) in [4.78, 5) is 9.45. The number of thioether (sulfide) groups is 1. The summed E-state index contributed by atoms with van der Waals surface area (Å²) in [6.07, 6.45) is 3.91. The molecule has 0 aliphatic heterocycles. The van der Waals surface area contributed by atoms with E-state index < -0.39 is 0 Å². The second-order valence-electron chi connectivity index (χ2n) is 4.21. The van der Waals surface area contributed by atoms with Gasteiger partial charge in [-0.15, -0.1) is 11.8 Å². The van der Waals surface area contributed by atoms with Crippen LogP contribution in [0.4, 0.5) is 0 Å². The lowest BCUT2D eigenvalue weighted by Crippen LogP contribution is -1.95. The lowest BCUT2D eigenvalue weighted by molar-refractivity contribution is 0.457. The molecule has 2 heterocycles. The minimum atomic E-state index is 0.177. The molecule has 0 N–H and O–H groups in total. The summed E-state index contributed by atoms with van der Waals surface area (Å²) in [5.41, 5.74) is 0.752. The van der Waals surface area contributed by atoms with Gasteiger partial charge in [0.25, 0.3) is 0 Å². The van der Waals surface area contributed by atoms with Crippen molar-refractivity contribution in [1.82, 2.24) is 14.5 Å². The molecule has 0 amide bonds. The number of benzene rings is 1. The molecule has 4 nitrogen and oxygen atoms in total. The molecule has 0 bridgehead atoms. The Kier molecular flexibility index (Phi) is 3.54. The van der Waals surface area contributed by atoms with Crippen LogP contribution in [-0.4, -0.2) is 20.8 Å². The minimum Gasteiger partial charge on any atom is -0.437 e. The van der Waals surface area contributed by atoms with Crippen molar-refractivity contribution >= 4 is 34.4 Å². The summed E-state index contributed by atoms with van der Waals surface area (Å²) in [7, 11) is 1.91. The normalized spacial score (nSPS) is 10.9. The van der Waals surface area contributed by atoms with Crippen molar-refractivity contribution in [1.29, 1.82) is 0 Å². The van der Waals surface area contributed by atoms with Gasteiger partial charge >= 0.3 is 0 Å². The Bertz CT molecular complexity index is 772. The number of hydrogen-bond acceptors (Lipinski definition) is 4. The highest BCUT2D eigenvalue weighted by Gasteiger charge is 2.13. The summed E-state index contributed by atoms with van der Waals surface area (Å²) in [6, 6.07) is 9.74. The number of nitrogens with zero attached hydrogens (tertiary/aromatic N) is 3. The fourth-order valence-electron chi connectivity index (χ4n) is 1.97. The van der Waals surface area contributed by atoms with E-state index in [1.165, 1.54) is 0 Å². The third kappa shape index (κ3) is 2.34. The SMILES string of the molecule is CSc1ccccc1Oc1nc(Cl)nc2c1ccn2C. The zero-order valence-electron chi connectivity index (χ0n) is 11.0. The highest BCUT2D eigenvalue weighted by molar-refractivity contribution is 7.98. The number of halogens is 1. The van der Waals surface area contributed by atoms with Gasteiger partial charge in [0.15, 0.2) is 0 Å². The van der Waals surface area contributed by atoms with Crippen LogP contribution in [0, 0.1) is 0 Å². The highest BCUT2D eigenvalue weighted by atomic mass is 35.5. The molecule has 20 heavy (non-hydrogen) atoms. The molecule has 0 unspecified atom stereocenters. The smallest absolute Gasteiger partial charge is 0.233 e. The molecule has 0 aliphatic carbocycles. The van der Waals surface area contributed by atoms with Crippen LogP contribution in [-0.2, 0) is 7.05 Å². The van der Waals surface area contributed by atoms with Gasteiger partial charge in [-0.1, -0.05) is 12.1 Å². The zero-order chi connectivity index (χ0) is 14.1.